The van der Waals surface area contributed by atoms with Crippen LogP contribution in [-0.4, -0.2) is 21.3 Å². The van der Waals surface area contributed by atoms with Crippen molar-refractivity contribution in [3.63, 3.8) is 0 Å². The zero-order valence-corrected chi connectivity index (χ0v) is 18.0. The number of ether oxygens (including phenoxy) is 2. The molecule has 3 rings (SSSR count). The maximum absolute atomic E-state index is 6.03. The average Bonchev–Trinajstić information content (AvgIpc) is 3.12. The number of rotatable bonds is 4. The van der Waals surface area contributed by atoms with E-state index in [2.05, 4.69) is 71.3 Å². The summed E-state index contributed by atoms with van der Waals surface area (Å²) in [5.41, 5.74) is 7.94. The zero-order chi connectivity index (χ0) is 18.6. The summed E-state index contributed by atoms with van der Waals surface area (Å²) < 4.78 is 12.5. The molecule has 0 N–H and O–H groups in total. The smallest absolute Gasteiger partial charge is 0.129 e. The van der Waals surface area contributed by atoms with Gasteiger partial charge in [0.15, 0.2) is 0 Å². The van der Waals surface area contributed by atoms with E-state index in [4.69, 9.17) is 9.47 Å². The van der Waals surface area contributed by atoms with Gasteiger partial charge in [0.05, 0.1) is 13.2 Å². The Kier molecular flexibility index (Phi) is 6.03. The molecule has 1 aliphatic rings. The van der Waals surface area contributed by atoms with Gasteiger partial charge in [0.1, 0.15) is 20.4 Å². The second-order valence-electron chi connectivity index (χ2n) is 7.35. The molecule has 0 radical (unpaired) electrons. The summed E-state index contributed by atoms with van der Waals surface area (Å²) in [6.45, 7) is 8.59. The number of halogens is 1. The Bertz CT molecular complexity index is 871. The summed E-state index contributed by atoms with van der Waals surface area (Å²) in [7, 11) is -1.48. The third kappa shape index (κ3) is 5.11. The molecule has 0 fully saturated rings. The Labute approximate surface area is 165 Å². The predicted molar refractivity (Wildman–Crippen MR) is 114 cm³/mol. The fourth-order valence-corrected chi connectivity index (χ4v) is 3.85. The van der Waals surface area contributed by atoms with Crippen LogP contribution in [0.3, 0.4) is 0 Å². The van der Waals surface area contributed by atoms with E-state index in [0.717, 1.165) is 26.9 Å². The molecule has 0 unspecified atom stereocenters. The standard InChI is InChI=1S/C22H23BrO2Si/c1-26(2,3)12-10-18-13-20(25-15-17-7-5-4-6-8-17)14-21(23)22(18)19-9-11-24-16-19/h4-9,13-14H,11,15-16H2,1-3H3. The maximum Gasteiger partial charge on any atom is 0.129 e. The summed E-state index contributed by atoms with van der Waals surface area (Å²) in [6.07, 6.45) is 2.13. The molecule has 1 aliphatic heterocycles. The summed E-state index contributed by atoms with van der Waals surface area (Å²) in [5, 5.41) is 0. The fourth-order valence-electron chi connectivity index (χ4n) is 2.65. The highest BCUT2D eigenvalue weighted by molar-refractivity contribution is 9.10. The van der Waals surface area contributed by atoms with Crippen LogP contribution >= 0.6 is 15.9 Å². The van der Waals surface area contributed by atoms with Gasteiger partial charge in [-0.2, -0.15) is 0 Å². The summed E-state index contributed by atoms with van der Waals surface area (Å²) >= 11 is 3.72. The van der Waals surface area contributed by atoms with E-state index >= 15 is 0 Å². The van der Waals surface area contributed by atoms with Gasteiger partial charge in [-0.25, -0.2) is 0 Å². The molecule has 0 bridgehead atoms. The average molecular weight is 427 g/mol. The van der Waals surface area contributed by atoms with Crippen LogP contribution in [0.15, 0.2) is 53.0 Å². The molecular weight excluding hydrogens is 404 g/mol. The fraction of sp³-hybridized carbons (Fsp3) is 0.273. The molecule has 1 heterocycles. The van der Waals surface area contributed by atoms with Gasteiger partial charge in [-0.15, -0.1) is 5.54 Å². The monoisotopic (exact) mass is 426 g/mol. The molecule has 2 aromatic rings. The van der Waals surface area contributed by atoms with Crippen molar-refractivity contribution < 1.29 is 9.47 Å². The van der Waals surface area contributed by atoms with Crippen LogP contribution in [0.2, 0.25) is 19.6 Å². The van der Waals surface area contributed by atoms with Gasteiger partial charge in [-0.05, 0) is 39.2 Å². The van der Waals surface area contributed by atoms with Crippen molar-refractivity contribution in [2.75, 3.05) is 13.2 Å². The van der Waals surface area contributed by atoms with Gasteiger partial charge >= 0.3 is 0 Å². The molecule has 0 aromatic heterocycles. The van der Waals surface area contributed by atoms with Crippen molar-refractivity contribution in [2.45, 2.75) is 26.2 Å². The zero-order valence-electron chi connectivity index (χ0n) is 15.4. The van der Waals surface area contributed by atoms with Crippen LogP contribution in [0.5, 0.6) is 5.75 Å². The summed E-state index contributed by atoms with van der Waals surface area (Å²) in [6, 6.07) is 14.3. The van der Waals surface area contributed by atoms with Crippen molar-refractivity contribution in [1.82, 2.24) is 0 Å². The molecule has 0 aliphatic carbocycles. The minimum atomic E-state index is -1.48. The maximum atomic E-state index is 6.03. The topological polar surface area (TPSA) is 18.5 Å². The Morgan fingerprint density at radius 1 is 1.15 bits per heavy atom. The van der Waals surface area contributed by atoms with Gasteiger partial charge in [-0.3, -0.25) is 0 Å². The van der Waals surface area contributed by atoms with E-state index in [1.54, 1.807) is 0 Å². The number of hydrogen-bond donors (Lipinski definition) is 0. The molecule has 0 atom stereocenters. The van der Waals surface area contributed by atoms with Crippen LogP contribution in [-0.2, 0) is 11.3 Å². The summed E-state index contributed by atoms with van der Waals surface area (Å²) in [5.74, 6) is 4.24. The van der Waals surface area contributed by atoms with Crippen molar-refractivity contribution in [3.05, 3.63) is 69.7 Å². The lowest BCUT2D eigenvalue weighted by molar-refractivity contribution is 0.216. The molecule has 26 heavy (non-hydrogen) atoms. The van der Waals surface area contributed by atoms with Crippen LogP contribution in [0, 0.1) is 11.5 Å². The van der Waals surface area contributed by atoms with E-state index < -0.39 is 8.07 Å². The first-order valence-corrected chi connectivity index (χ1v) is 13.0. The second-order valence-corrected chi connectivity index (χ2v) is 13.0. The Morgan fingerprint density at radius 3 is 2.58 bits per heavy atom. The number of hydrogen-bond acceptors (Lipinski definition) is 2. The highest BCUT2D eigenvalue weighted by atomic mass is 79.9. The molecule has 0 spiro atoms. The van der Waals surface area contributed by atoms with Crippen molar-refractivity contribution in [2.24, 2.45) is 0 Å². The van der Waals surface area contributed by atoms with Crippen LogP contribution in [0.25, 0.3) is 5.57 Å². The molecule has 134 valence electrons. The van der Waals surface area contributed by atoms with Crippen molar-refractivity contribution in [3.8, 4) is 17.2 Å². The normalized spacial score (nSPS) is 13.8. The lowest BCUT2D eigenvalue weighted by Gasteiger charge is -2.13. The Morgan fingerprint density at radius 2 is 1.92 bits per heavy atom. The van der Waals surface area contributed by atoms with Crippen LogP contribution in [0.4, 0.5) is 0 Å². The number of benzene rings is 2. The molecule has 2 nitrogen and oxygen atoms in total. The molecule has 0 saturated heterocycles. The van der Waals surface area contributed by atoms with Gasteiger partial charge in [-0.1, -0.05) is 62.0 Å². The quantitative estimate of drug-likeness (QED) is 0.462. The SMILES string of the molecule is C[Si](C)(C)C#Cc1cc(OCc2ccccc2)cc(Br)c1C1=CCOC1. The highest BCUT2D eigenvalue weighted by Gasteiger charge is 2.17. The Balaban J connectivity index is 1.94. The Hall–Kier alpha value is -1.80. The van der Waals surface area contributed by atoms with E-state index in [-0.39, 0.29) is 0 Å². The van der Waals surface area contributed by atoms with E-state index in [9.17, 15) is 0 Å². The van der Waals surface area contributed by atoms with Gasteiger partial charge in [0.25, 0.3) is 0 Å². The second kappa shape index (κ2) is 8.26. The molecular formula is C22H23BrO2Si. The lowest BCUT2D eigenvalue weighted by atomic mass is 10.0. The largest absolute Gasteiger partial charge is 0.489 e. The van der Waals surface area contributed by atoms with E-state index in [1.807, 2.05) is 24.3 Å². The molecule has 0 saturated carbocycles. The third-order valence-corrected chi connectivity index (χ3v) is 5.41. The first-order chi connectivity index (χ1) is 12.4. The van der Waals surface area contributed by atoms with Crippen molar-refractivity contribution >= 4 is 29.6 Å². The summed E-state index contributed by atoms with van der Waals surface area (Å²) in [4.78, 5) is 0. The van der Waals surface area contributed by atoms with Gasteiger partial charge in [0, 0.05) is 15.6 Å². The molecule has 0 amide bonds. The predicted octanol–water partition coefficient (Wildman–Crippen LogP) is 5.67. The van der Waals surface area contributed by atoms with Crippen molar-refractivity contribution in [1.29, 1.82) is 0 Å². The highest BCUT2D eigenvalue weighted by Crippen LogP contribution is 2.34. The minimum absolute atomic E-state index is 0.541. The van der Waals surface area contributed by atoms with Gasteiger partial charge < -0.3 is 9.47 Å². The third-order valence-electron chi connectivity index (χ3n) is 3.91. The molecule has 4 heteroatoms. The van der Waals surface area contributed by atoms with E-state index in [1.165, 1.54) is 5.57 Å². The first kappa shape index (κ1) is 19.0. The lowest BCUT2D eigenvalue weighted by Crippen LogP contribution is -2.16. The molecule has 2 aromatic carbocycles. The van der Waals surface area contributed by atoms with Crippen LogP contribution in [0.1, 0.15) is 16.7 Å². The van der Waals surface area contributed by atoms with Crippen LogP contribution < -0.4 is 4.74 Å². The first-order valence-electron chi connectivity index (χ1n) is 8.73. The minimum Gasteiger partial charge on any atom is -0.489 e. The van der Waals surface area contributed by atoms with E-state index in [0.29, 0.717) is 19.8 Å². The van der Waals surface area contributed by atoms with Gasteiger partial charge in [0.2, 0.25) is 0 Å².